The fourth-order valence-corrected chi connectivity index (χ4v) is 1.93. The SMILES string of the molecule is CCCN(CC(F)(F)F)C(=O)Cn1cnn(C(C)(C)C)c1=O. The molecule has 0 saturated carbocycles. The van der Waals surface area contributed by atoms with Crippen LogP contribution in [0, 0.1) is 0 Å². The molecular weight excluding hydrogens is 301 g/mol. The van der Waals surface area contributed by atoms with Gasteiger partial charge in [0.2, 0.25) is 5.91 Å². The van der Waals surface area contributed by atoms with E-state index in [1.54, 1.807) is 27.7 Å². The molecule has 0 aromatic carbocycles. The molecule has 0 spiro atoms. The zero-order valence-corrected chi connectivity index (χ0v) is 13.1. The highest BCUT2D eigenvalue weighted by Crippen LogP contribution is 2.17. The Balaban J connectivity index is 2.91. The van der Waals surface area contributed by atoms with Gasteiger partial charge in [-0.15, -0.1) is 0 Å². The van der Waals surface area contributed by atoms with Crippen molar-refractivity contribution in [3.8, 4) is 0 Å². The first kappa shape index (κ1) is 18.2. The topological polar surface area (TPSA) is 60.1 Å². The fraction of sp³-hybridized carbons (Fsp3) is 0.769. The van der Waals surface area contributed by atoms with Gasteiger partial charge < -0.3 is 4.90 Å². The van der Waals surface area contributed by atoms with Crippen molar-refractivity contribution >= 4 is 5.91 Å². The number of carbonyl (C=O) groups excluding carboxylic acids is 1. The number of hydrogen-bond acceptors (Lipinski definition) is 3. The van der Waals surface area contributed by atoms with Crippen LogP contribution < -0.4 is 5.69 Å². The maximum Gasteiger partial charge on any atom is 0.406 e. The van der Waals surface area contributed by atoms with Crippen LogP contribution in [0.1, 0.15) is 34.1 Å². The summed E-state index contributed by atoms with van der Waals surface area (Å²) in [6, 6.07) is 0. The van der Waals surface area contributed by atoms with E-state index in [0.29, 0.717) is 11.3 Å². The lowest BCUT2D eigenvalue weighted by molar-refractivity contribution is -0.161. The largest absolute Gasteiger partial charge is 0.406 e. The highest BCUT2D eigenvalue weighted by Gasteiger charge is 2.33. The van der Waals surface area contributed by atoms with Crippen molar-refractivity contribution < 1.29 is 18.0 Å². The molecule has 0 aliphatic rings. The summed E-state index contributed by atoms with van der Waals surface area (Å²) in [5.41, 5.74) is -1.09. The normalized spacial score (nSPS) is 12.5. The van der Waals surface area contributed by atoms with Gasteiger partial charge in [0, 0.05) is 6.54 Å². The molecular formula is C13H21F3N4O2. The standard InChI is InChI=1S/C13H21F3N4O2/c1-5-6-18(8-13(14,15)16)10(21)7-19-9-17-20(11(19)22)12(2,3)4/h9H,5-8H2,1-4H3. The Bertz CT molecular complexity index is 569. The Morgan fingerprint density at radius 3 is 2.32 bits per heavy atom. The van der Waals surface area contributed by atoms with Crippen LogP contribution in [0.2, 0.25) is 0 Å². The third-order valence-corrected chi connectivity index (χ3v) is 2.89. The molecule has 126 valence electrons. The van der Waals surface area contributed by atoms with Crippen LogP contribution in [-0.4, -0.2) is 44.4 Å². The van der Waals surface area contributed by atoms with E-state index in [4.69, 9.17) is 0 Å². The van der Waals surface area contributed by atoms with E-state index in [1.165, 1.54) is 11.0 Å². The minimum atomic E-state index is -4.47. The Morgan fingerprint density at radius 1 is 1.32 bits per heavy atom. The van der Waals surface area contributed by atoms with E-state index in [-0.39, 0.29) is 6.54 Å². The fourth-order valence-electron chi connectivity index (χ4n) is 1.93. The molecule has 1 rings (SSSR count). The summed E-state index contributed by atoms with van der Waals surface area (Å²) in [5.74, 6) is -0.755. The van der Waals surface area contributed by atoms with Crippen LogP contribution in [0.25, 0.3) is 0 Å². The summed E-state index contributed by atoms with van der Waals surface area (Å²) in [4.78, 5) is 24.8. The van der Waals surface area contributed by atoms with Gasteiger partial charge in [0.25, 0.3) is 0 Å². The van der Waals surface area contributed by atoms with E-state index in [1.807, 2.05) is 0 Å². The minimum absolute atomic E-state index is 0.0134. The number of hydrogen-bond donors (Lipinski definition) is 0. The van der Waals surface area contributed by atoms with Crippen molar-refractivity contribution in [1.29, 1.82) is 0 Å². The lowest BCUT2D eigenvalue weighted by Gasteiger charge is -2.23. The first-order chi connectivity index (χ1) is 9.95. The van der Waals surface area contributed by atoms with Crippen molar-refractivity contribution in [2.75, 3.05) is 13.1 Å². The minimum Gasteiger partial charge on any atom is -0.332 e. The molecule has 0 fully saturated rings. The van der Waals surface area contributed by atoms with Crippen molar-refractivity contribution in [3.05, 3.63) is 16.8 Å². The Hall–Kier alpha value is -1.80. The molecule has 1 aromatic rings. The lowest BCUT2D eigenvalue weighted by atomic mass is 10.1. The second-order valence-corrected chi connectivity index (χ2v) is 6.05. The number of nitrogens with zero attached hydrogens (tertiary/aromatic N) is 4. The molecule has 0 aliphatic heterocycles. The zero-order chi connectivity index (χ0) is 17.1. The number of amides is 1. The first-order valence-electron chi connectivity index (χ1n) is 6.95. The van der Waals surface area contributed by atoms with Crippen LogP contribution in [0.3, 0.4) is 0 Å². The highest BCUT2D eigenvalue weighted by molar-refractivity contribution is 5.76. The van der Waals surface area contributed by atoms with Crippen molar-refractivity contribution in [3.63, 3.8) is 0 Å². The maximum atomic E-state index is 12.5. The van der Waals surface area contributed by atoms with E-state index < -0.39 is 36.4 Å². The number of alkyl halides is 3. The van der Waals surface area contributed by atoms with Crippen molar-refractivity contribution in [2.24, 2.45) is 0 Å². The molecule has 0 saturated heterocycles. The number of halogens is 3. The molecule has 1 amide bonds. The average molecular weight is 322 g/mol. The van der Waals surface area contributed by atoms with Crippen LogP contribution in [0.4, 0.5) is 13.2 Å². The molecule has 0 aliphatic carbocycles. The Labute approximate surface area is 126 Å². The number of carbonyl (C=O) groups is 1. The maximum absolute atomic E-state index is 12.5. The summed E-state index contributed by atoms with van der Waals surface area (Å²) in [6.07, 6.45) is -2.90. The van der Waals surface area contributed by atoms with Crippen LogP contribution in [0.5, 0.6) is 0 Å². The molecule has 1 heterocycles. The Morgan fingerprint density at radius 2 is 1.91 bits per heavy atom. The van der Waals surface area contributed by atoms with Gasteiger partial charge in [0.05, 0.1) is 5.54 Å². The third kappa shape index (κ3) is 4.88. The van der Waals surface area contributed by atoms with Crippen LogP contribution in [0.15, 0.2) is 11.1 Å². The van der Waals surface area contributed by atoms with Gasteiger partial charge in [0.1, 0.15) is 19.4 Å². The zero-order valence-electron chi connectivity index (χ0n) is 13.1. The average Bonchev–Trinajstić information content (AvgIpc) is 2.68. The van der Waals surface area contributed by atoms with Gasteiger partial charge in [-0.2, -0.15) is 18.3 Å². The van der Waals surface area contributed by atoms with Gasteiger partial charge in [-0.3, -0.25) is 9.36 Å². The van der Waals surface area contributed by atoms with E-state index in [2.05, 4.69) is 5.10 Å². The van der Waals surface area contributed by atoms with E-state index in [9.17, 15) is 22.8 Å². The van der Waals surface area contributed by atoms with E-state index >= 15 is 0 Å². The smallest absolute Gasteiger partial charge is 0.332 e. The second kappa shape index (κ2) is 6.53. The van der Waals surface area contributed by atoms with Gasteiger partial charge in [-0.1, -0.05) is 6.92 Å². The molecule has 0 N–H and O–H groups in total. The van der Waals surface area contributed by atoms with E-state index in [0.717, 1.165) is 4.57 Å². The van der Waals surface area contributed by atoms with Gasteiger partial charge >= 0.3 is 11.9 Å². The lowest BCUT2D eigenvalue weighted by Crippen LogP contribution is -2.43. The monoisotopic (exact) mass is 322 g/mol. The summed E-state index contributed by atoms with van der Waals surface area (Å²) < 4.78 is 39.7. The predicted molar refractivity (Wildman–Crippen MR) is 74.4 cm³/mol. The predicted octanol–water partition coefficient (Wildman–Crippen LogP) is 1.60. The molecule has 6 nitrogen and oxygen atoms in total. The molecule has 0 bridgehead atoms. The molecule has 0 unspecified atom stereocenters. The summed E-state index contributed by atoms with van der Waals surface area (Å²) in [6.45, 7) is 5.19. The molecule has 0 radical (unpaired) electrons. The molecule has 22 heavy (non-hydrogen) atoms. The Kier molecular flexibility index (Phi) is 5.42. The number of rotatable bonds is 5. The summed E-state index contributed by atoms with van der Waals surface area (Å²) in [7, 11) is 0. The number of aromatic nitrogens is 3. The van der Waals surface area contributed by atoms with Crippen molar-refractivity contribution in [1.82, 2.24) is 19.2 Å². The van der Waals surface area contributed by atoms with Crippen molar-refractivity contribution in [2.45, 2.75) is 52.4 Å². The first-order valence-corrected chi connectivity index (χ1v) is 6.95. The van der Waals surface area contributed by atoms with Crippen LogP contribution in [-0.2, 0) is 16.9 Å². The molecule has 9 heteroatoms. The third-order valence-electron chi connectivity index (χ3n) is 2.89. The molecule has 1 aromatic heterocycles. The summed E-state index contributed by atoms with van der Waals surface area (Å²) in [5, 5.41) is 3.89. The molecule has 0 atom stereocenters. The second-order valence-electron chi connectivity index (χ2n) is 6.05. The summed E-state index contributed by atoms with van der Waals surface area (Å²) >= 11 is 0. The quantitative estimate of drug-likeness (QED) is 0.827. The van der Waals surface area contributed by atoms with Gasteiger partial charge in [0.15, 0.2) is 0 Å². The van der Waals surface area contributed by atoms with Gasteiger partial charge in [-0.25, -0.2) is 9.48 Å². The van der Waals surface area contributed by atoms with Gasteiger partial charge in [-0.05, 0) is 27.2 Å². The van der Waals surface area contributed by atoms with Crippen LogP contribution >= 0.6 is 0 Å². The highest BCUT2D eigenvalue weighted by atomic mass is 19.4.